The van der Waals surface area contributed by atoms with Gasteiger partial charge in [-0.3, -0.25) is 4.79 Å². The second kappa shape index (κ2) is 7.18. The maximum atomic E-state index is 11.9. The predicted molar refractivity (Wildman–Crippen MR) is 80.7 cm³/mol. The van der Waals surface area contributed by atoms with Crippen LogP contribution in [0.3, 0.4) is 0 Å². The number of nitrogens with one attached hydrogen (secondary N) is 2. The number of rotatable bonds is 2. The van der Waals surface area contributed by atoms with Gasteiger partial charge in [0.25, 0.3) is 0 Å². The molecule has 1 aromatic rings. The molecule has 2 rings (SSSR count). The van der Waals surface area contributed by atoms with Crippen LogP contribution in [-0.4, -0.2) is 18.5 Å². The van der Waals surface area contributed by atoms with Crippen LogP contribution in [0, 0.1) is 3.57 Å². The average Bonchev–Trinajstić information content (AvgIpc) is 2.30. The molecule has 0 aliphatic carbocycles. The van der Waals surface area contributed by atoms with Crippen molar-refractivity contribution in [1.29, 1.82) is 0 Å². The molecule has 1 aliphatic rings. The van der Waals surface area contributed by atoms with E-state index < -0.39 is 0 Å². The molecule has 0 aromatic heterocycles. The van der Waals surface area contributed by atoms with Gasteiger partial charge in [0, 0.05) is 9.26 Å². The second-order valence-corrected chi connectivity index (χ2v) is 5.25. The minimum atomic E-state index is -0.0217. The molecule has 0 bridgehead atoms. The average molecular weight is 367 g/mol. The number of anilines is 1. The van der Waals surface area contributed by atoms with Crippen LogP contribution in [0.5, 0.6) is 0 Å². The Labute approximate surface area is 121 Å². The van der Waals surface area contributed by atoms with E-state index in [4.69, 9.17) is 0 Å². The monoisotopic (exact) mass is 366 g/mol. The Balaban J connectivity index is 0.00000144. The van der Waals surface area contributed by atoms with Gasteiger partial charge in [0.15, 0.2) is 0 Å². The van der Waals surface area contributed by atoms with Crippen molar-refractivity contribution in [3.05, 3.63) is 27.8 Å². The summed E-state index contributed by atoms with van der Waals surface area (Å²) < 4.78 is 1.13. The minimum Gasteiger partial charge on any atom is -0.325 e. The fraction of sp³-hybridized carbons (Fsp3) is 0.417. The molecule has 3 nitrogen and oxygen atoms in total. The van der Waals surface area contributed by atoms with Gasteiger partial charge in [-0.2, -0.15) is 0 Å². The summed E-state index contributed by atoms with van der Waals surface area (Å²) in [7, 11) is 0. The Morgan fingerprint density at radius 1 is 1.41 bits per heavy atom. The first kappa shape index (κ1) is 14.7. The van der Waals surface area contributed by atoms with Crippen molar-refractivity contribution in [3.8, 4) is 0 Å². The normalized spacial score (nSPS) is 19.2. The lowest BCUT2D eigenvalue weighted by molar-refractivity contribution is -0.118. The summed E-state index contributed by atoms with van der Waals surface area (Å²) in [4.78, 5) is 11.9. The number of hydrogen-bond donors (Lipinski definition) is 2. The van der Waals surface area contributed by atoms with E-state index in [9.17, 15) is 4.79 Å². The molecule has 1 fully saturated rings. The molecular formula is C12H16ClIN2O. The Bertz CT molecular complexity index is 381. The van der Waals surface area contributed by atoms with Crippen LogP contribution in [0.1, 0.15) is 19.3 Å². The summed E-state index contributed by atoms with van der Waals surface area (Å²) in [5, 5.41) is 6.19. The molecule has 1 aromatic carbocycles. The first-order valence-corrected chi connectivity index (χ1v) is 6.63. The summed E-state index contributed by atoms with van der Waals surface area (Å²) in [6, 6.07) is 7.83. The molecular weight excluding hydrogens is 351 g/mol. The van der Waals surface area contributed by atoms with Gasteiger partial charge in [0.05, 0.1) is 6.04 Å². The third-order valence-corrected chi connectivity index (χ3v) is 3.39. The van der Waals surface area contributed by atoms with Gasteiger partial charge in [-0.1, -0.05) is 12.5 Å². The zero-order valence-corrected chi connectivity index (χ0v) is 12.4. The van der Waals surface area contributed by atoms with Gasteiger partial charge < -0.3 is 10.6 Å². The lowest BCUT2D eigenvalue weighted by Crippen LogP contribution is -2.43. The SMILES string of the molecule is Cl.O=C(Nc1cccc(I)c1)[C@H]1CCCCN1. The third-order valence-electron chi connectivity index (χ3n) is 2.72. The predicted octanol–water partition coefficient (Wildman–Crippen LogP) is 2.79. The number of amides is 1. The highest BCUT2D eigenvalue weighted by Crippen LogP contribution is 2.14. The van der Waals surface area contributed by atoms with Crippen LogP contribution in [0.4, 0.5) is 5.69 Å². The number of hydrogen-bond acceptors (Lipinski definition) is 2. The number of halogens is 2. The summed E-state index contributed by atoms with van der Waals surface area (Å²) in [6.45, 7) is 0.949. The Morgan fingerprint density at radius 2 is 2.24 bits per heavy atom. The van der Waals surface area contributed by atoms with Crippen molar-refractivity contribution >= 4 is 46.6 Å². The van der Waals surface area contributed by atoms with Crippen LogP contribution in [-0.2, 0) is 4.79 Å². The fourth-order valence-electron chi connectivity index (χ4n) is 1.87. The van der Waals surface area contributed by atoms with E-state index in [1.165, 1.54) is 6.42 Å². The van der Waals surface area contributed by atoms with E-state index in [0.717, 1.165) is 28.6 Å². The highest BCUT2D eigenvalue weighted by atomic mass is 127. The quantitative estimate of drug-likeness (QED) is 0.790. The summed E-state index contributed by atoms with van der Waals surface area (Å²) in [5.41, 5.74) is 0.879. The van der Waals surface area contributed by atoms with Gasteiger partial charge in [0.1, 0.15) is 0 Å². The number of carbonyl (C=O) groups excluding carboxylic acids is 1. The molecule has 1 atom stereocenters. The van der Waals surface area contributed by atoms with Crippen molar-refractivity contribution < 1.29 is 4.79 Å². The lowest BCUT2D eigenvalue weighted by Gasteiger charge is -2.22. The zero-order valence-electron chi connectivity index (χ0n) is 9.41. The molecule has 1 aliphatic heterocycles. The van der Waals surface area contributed by atoms with Crippen LogP contribution in [0.15, 0.2) is 24.3 Å². The molecule has 1 amide bonds. The lowest BCUT2D eigenvalue weighted by atomic mass is 10.0. The van der Waals surface area contributed by atoms with Crippen molar-refractivity contribution in [2.45, 2.75) is 25.3 Å². The second-order valence-electron chi connectivity index (χ2n) is 4.00. The zero-order chi connectivity index (χ0) is 11.4. The van der Waals surface area contributed by atoms with E-state index in [1.807, 2.05) is 24.3 Å². The highest BCUT2D eigenvalue weighted by molar-refractivity contribution is 14.1. The standard InChI is InChI=1S/C12H15IN2O.ClH/c13-9-4-3-5-10(8-9)15-12(16)11-6-1-2-7-14-11;/h3-5,8,11,14H,1-2,6-7H2,(H,15,16);1H/t11-;/m1./s1. The van der Waals surface area contributed by atoms with Gasteiger partial charge in [0.2, 0.25) is 5.91 Å². The molecule has 0 radical (unpaired) electrons. The van der Waals surface area contributed by atoms with Crippen molar-refractivity contribution in [1.82, 2.24) is 5.32 Å². The maximum absolute atomic E-state index is 11.9. The Morgan fingerprint density at radius 3 is 2.88 bits per heavy atom. The van der Waals surface area contributed by atoms with Crippen LogP contribution in [0.2, 0.25) is 0 Å². The van der Waals surface area contributed by atoms with Gasteiger partial charge in [-0.15, -0.1) is 12.4 Å². The first-order chi connectivity index (χ1) is 7.75. The third kappa shape index (κ3) is 4.44. The molecule has 2 N–H and O–H groups in total. The summed E-state index contributed by atoms with van der Waals surface area (Å²) >= 11 is 2.24. The Kier molecular flexibility index (Phi) is 6.22. The molecule has 0 saturated carbocycles. The van der Waals surface area contributed by atoms with Gasteiger partial charge in [-0.25, -0.2) is 0 Å². The molecule has 0 spiro atoms. The van der Waals surface area contributed by atoms with Crippen LogP contribution < -0.4 is 10.6 Å². The fourth-order valence-corrected chi connectivity index (χ4v) is 2.41. The molecule has 94 valence electrons. The molecule has 1 saturated heterocycles. The molecule has 0 unspecified atom stereocenters. The van der Waals surface area contributed by atoms with E-state index in [-0.39, 0.29) is 24.4 Å². The smallest absolute Gasteiger partial charge is 0.241 e. The summed E-state index contributed by atoms with van der Waals surface area (Å²) in [6.07, 6.45) is 3.25. The first-order valence-electron chi connectivity index (χ1n) is 5.55. The van der Waals surface area contributed by atoms with Crippen LogP contribution >= 0.6 is 35.0 Å². The van der Waals surface area contributed by atoms with E-state index in [2.05, 4.69) is 33.2 Å². The van der Waals surface area contributed by atoms with Gasteiger partial charge >= 0.3 is 0 Å². The van der Waals surface area contributed by atoms with E-state index in [1.54, 1.807) is 0 Å². The number of carbonyl (C=O) groups is 1. The molecule has 17 heavy (non-hydrogen) atoms. The van der Waals surface area contributed by atoms with E-state index in [0.29, 0.717) is 0 Å². The number of piperidine rings is 1. The minimum absolute atomic E-state index is 0. The van der Waals surface area contributed by atoms with Crippen molar-refractivity contribution in [3.63, 3.8) is 0 Å². The van der Waals surface area contributed by atoms with Crippen molar-refractivity contribution in [2.75, 3.05) is 11.9 Å². The largest absolute Gasteiger partial charge is 0.325 e. The molecule has 1 heterocycles. The van der Waals surface area contributed by atoms with Gasteiger partial charge in [-0.05, 0) is 60.2 Å². The van der Waals surface area contributed by atoms with E-state index >= 15 is 0 Å². The number of benzene rings is 1. The summed E-state index contributed by atoms with van der Waals surface area (Å²) in [5.74, 6) is 0.0849. The molecule has 5 heteroatoms. The topological polar surface area (TPSA) is 41.1 Å². The highest BCUT2D eigenvalue weighted by Gasteiger charge is 2.20. The van der Waals surface area contributed by atoms with Crippen LogP contribution in [0.25, 0.3) is 0 Å². The maximum Gasteiger partial charge on any atom is 0.241 e. The van der Waals surface area contributed by atoms with Crippen molar-refractivity contribution in [2.24, 2.45) is 0 Å². The Hall–Kier alpha value is -0.330.